The zero-order valence-corrected chi connectivity index (χ0v) is 10.4. The fraction of sp³-hybridized carbons (Fsp3) is 0.0769. The fourth-order valence-corrected chi connectivity index (χ4v) is 2.68. The molecule has 2 heterocycles. The number of aromatic nitrogens is 1. The van der Waals surface area contributed by atoms with Crippen molar-refractivity contribution in [3.05, 3.63) is 47.2 Å². The van der Waals surface area contributed by atoms with Gasteiger partial charge in [-0.25, -0.2) is 0 Å². The molecule has 80 valence electrons. The summed E-state index contributed by atoms with van der Waals surface area (Å²) < 4.78 is 8.43. The lowest BCUT2D eigenvalue weighted by molar-refractivity contribution is 0.415. The van der Waals surface area contributed by atoms with Crippen molar-refractivity contribution in [2.45, 2.75) is 0 Å². The Balaban J connectivity index is 2.50. The number of pyridine rings is 1. The van der Waals surface area contributed by atoms with E-state index in [0.29, 0.717) is 0 Å². The molecule has 0 radical (unpaired) electrons. The molecule has 3 heteroatoms. The predicted molar refractivity (Wildman–Crippen MR) is 69.2 cm³/mol. The summed E-state index contributed by atoms with van der Waals surface area (Å²) >= 11 is 3.60. The van der Waals surface area contributed by atoms with Gasteiger partial charge in [-0.2, -0.15) is 0 Å². The van der Waals surface area contributed by atoms with Gasteiger partial charge in [-0.05, 0) is 51.6 Å². The summed E-state index contributed by atoms with van der Waals surface area (Å²) in [6, 6.07) is 10.3. The molecule has 0 amide bonds. The van der Waals surface area contributed by atoms with Crippen LogP contribution in [0.2, 0.25) is 0 Å². The van der Waals surface area contributed by atoms with Crippen molar-refractivity contribution in [2.24, 2.45) is 0 Å². The number of ether oxygens (including phenoxy) is 1. The second-order valence-corrected chi connectivity index (χ2v) is 4.54. The molecule has 0 aliphatic heterocycles. The Bertz CT molecular complexity index is 672. The van der Waals surface area contributed by atoms with Crippen LogP contribution in [0, 0.1) is 0 Å². The Morgan fingerprint density at radius 1 is 1.19 bits per heavy atom. The molecule has 0 N–H and O–H groups in total. The molecule has 0 aliphatic rings. The van der Waals surface area contributed by atoms with Crippen LogP contribution in [0.25, 0.3) is 16.3 Å². The number of rotatable bonds is 1. The van der Waals surface area contributed by atoms with E-state index in [-0.39, 0.29) is 0 Å². The second kappa shape index (κ2) is 3.52. The summed E-state index contributed by atoms with van der Waals surface area (Å²) in [5.41, 5.74) is 1.20. The average Bonchev–Trinajstić information content (AvgIpc) is 2.76. The van der Waals surface area contributed by atoms with Gasteiger partial charge in [0.25, 0.3) is 0 Å². The Labute approximate surface area is 102 Å². The fourth-order valence-electron chi connectivity index (χ4n) is 2.02. The van der Waals surface area contributed by atoms with E-state index < -0.39 is 0 Å². The van der Waals surface area contributed by atoms with Gasteiger partial charge in [-0.1, -0.05) is 0 Å². The third kappa shape index (κ3) is 1.32. The summed E-state index contributed by atoms with van der Waals surface area (Å²) in [5.74, 6) is 0.871. The number of benzene rings is 1. The average molecular weight is 276 g/mol. The Morgan fingerprint density at radius 2 is 2.06 bits per heavy atom. The van der Waals surface area contributed by atoms with Crippen molar-refractivity contribution in [1.29, 1.82) is 0 Å². The van der Waals surface area contributed by atoms with Gasteiger partial charge < -0.3 is 9.14 Å². The predicted octanol–water partition coefficient (Wildman–Crippen LogP) is 3.86. The first kappa shape index (κ1) is 9.73. The van der Waals surface area contributed by atoms with Crippen molar-refractivity contribution in [2.75, 3.05) is 7.11 Å². The highest BCUT2D eigenvalue weighted by Gasteiger charge is 2.06. The van der Waals surface area contributed by atoms with E-state index in [1.54, 1.807) is 7.11 Å². The van der Waals surface area contributed by atoms with Gasteiger partial charge in [0.2, 0.25) is 0 Å². The highest BCUT2D eigenvalue weighted by molar-refractivity contribution is 9.10. The molecule has 2 aromatic heterocycles. The molecule has 3 aromatic rings. The molecule has 0 aliphatic carbocycles. The van der Waals surface area contributed by atoms with E-state index in [1.807, 2.05) is 24.4 Å². The summed E-state index contributed by atoms with van der Waals surface area (Å²) in [7, 11) is 1.68. The van der Waals surface area contributed by atoms with Crippen LogP contribution in [0.15, 0.2) is 47.2 Å². The van der Waals surface area contributed by atoms with Crippen LogP contribution in [-0.4, -0.2) is 11.5 Å². The van der Waals surface area contributed by atoms with Crippen LogP contribution in [0.5, 0.6) is 5.75 Å². The Hall–Kier alpha value is -1.48. The lowest BCUT2D eigenvalue weighted by Gasteiger charge is -2.07. The van der Waals surface area contributed by atoms with Crippen LogP contribution >= 0.6 is 15.9 Å². The van der Waals surface area contributed by atoms with E-state index in [1.165, 1.54) is 16.3 Å². The van der Waals surface area contributed by atoms with Gasteiger partial charge in [0.1, 0.15) is 5.75 Å². The first-order valence-electron chi connectivity index (χ1n) is 5.02. The number of methoxy groups -OCH3 is 1. The van der Waals surface area contributed by atoms with Crippen molar-refractivity contribution in [1.82, 2.24) is 4.40 Å². The maximum atomic E-state index is 5.26. The third-order valence-corrected chi connectivity index (χ3v) is 3.41. The molecule has 0 spiro atoms. The van der Waals surface area contributed by atoms with E-state index in [2.05, 4.69) is 38.7 Å². The van der Waals surface area contributed by atoms with Crippen molar-refractivity contribution in [3.8, 4) is 5.75 Å². The summed E-state index contributed by atoms with van der Waals surface area (Å²) in [6.07, 6.45) is 4.11. The molecule has 0 unspecified atom stereocenters. The molecular formula is C13H10BrNO. The number of hydrogen-bond acceptors (Lipinski definition) is 1. The third-order valence-electron chi connectivity index (χ3n) is 2.78. The van der Waals surface area contributed by atoms with Gasteiger partial charge in [-0.15, -0.1) is 0 Å². The maximum Gasteiger partial charge on any atom is 0.120 e. The lowest BCUT2D eigenvalue weighted by atomic mass is 10.1. The topological polar surface area (TPSA) is 13.6 Å². The molecular weight excluding hydrogens is 266 g/mol. The van der Waals surface area contributed by atoms with Gasteiger partial charge in [0.15, 0.2) is 0 Å². The summed E-state index contributed by atoms with van der Waals surface area (Å²) in [5, 5.41) is 2.39. The molecule has 0 atom stereocenters. The number of nitrogens with zero attached hydrogens (tertiary/aromatic N) is 1. The minimum Gasteiger partial charge on any atom is -0.497 e. The molecule has 1 aromatic carbocycles. The zero-order valence-electron chi connectivity index (χ0n) is 8.77. The monoisotopic (exact) mass is 275 g/mol. The van der Waals surface area contributed by atoms with E-state index in [9.17, 15) is 0 Å². The highest BCUT2D eigenvalue weighted by Crippen LogP contribution is 2.32. The molecule has 16 heavy (non-hydrogen) atoms. The Kier molecular flexibility index (Phi) is 2.14. The van der Waals surface area contributed by atoms with Crippen LogP contribution < -0.4 is 4.74 Å². The SMILES string of the molecule is COc1cc(Br)c2c(ccn3cccc23)c1. The van der Waals surface area contributed by atoms with Gasteiger partial charge in [-0.3, -0.25) is 0 Å². The molecule has 0 fully saturated rings. The van der Waals surface area contributed by atoms with E-state index in [0.717, 1.165) is 10.2 Å². The van der Waals surface area contributed by atoms with Crippen LogP contribution in [0.1, 0.15) is 0 Å². The number of fused-ring (bicyclic) bond motifs is 3. The minimum atomic E-state index is 0.871. The van der Waals surface area contributed by atoms with Crippen molar-refractivity contribution >= 4 is 32.2 Å². The normalized spacial score (nSPS) is 11.1. The van der Waals surface area contributed by atoms with Crippen LogP contribution in [0.4, 0.5) is 0 Å². The van der Waals surface area contributed by atoms with E-state index >= 15 is 0 Å². The summed E-state index contributed by atoms with van der Waals surface area (Å²) in [4.78, 5) is 0. The second-order valence-electron chi connectivity index (χ2n) is 3.69. The van der Waals surface area contributed by atoms with Crippen LogP contribution in [-0.2, 0) is 0 Å². The van der Waals surface area contributed by atoms with E-state index in [4.69, 9.17) is 4.74 Å². The molecule has 0 saturated heterocycles. The zero-order chi connectivity index (χ0) is 11.1. The maximum absolute atomic E-state index is 5.26. The standard InChI is InChI=1S/C13H10BrNO/c1-16-10-7-9-4-6-15-5-2-3-12(15)13(9)11(14)8-10/h2-8H,1H3. The first-order valence-corrected chi connectivity index (χ1v) is 5.82. The number of hydrogen-bond donors (Lipinski definition) is 0. The van der Waals surface area contributed by atoms with Gasteiger partial charge >= 0.3 is 0 Å². The van der Waals surface area contributed by atoms with Gasteiger partial charge in [0, 0.05) is 22.3 Å². The molecule has 2 nitrogen and oxygen atoms in total. The number of halogens is 1. The Morgan fingerprint density at radius 3 is 2.88 bits per heavy atom. The van der Waals surface area contributed by atoms with Crippen molar-refractivity contribution < 1.29 is 4.74 Å². The largest absolute Gasteiger partial charge is 0.497 e. The molecule has 0 bridgehead atoms. The highest BCUT2D eigenvalue weighted by atomic mass is 79.9. The lowest BCUT2D eigenvalue weighted by Crippen LogP contribution is -1.87. The quantitative estimate of drug-likeness (QED) is 0.658. The van der Waals surface area contributed by atoms with Crippen molar-refractivity contribution in [3.63, 3.8) is 0 Å². The smallest absolute Gasteiger partial charge is 0.120 e. The first-order chi connectivity index (χ1) is 7.79. The van der Waals surface area contributed by atoms with Gasteiger partial charge in [0.05, 0.1) is 12.6 Å². The minimum absolute atomic E-state index is 0.871. The summed E-state index contributed by atoms with van der Waals surface area (Å²) in [6.45, 7) is 0. The molecule has 0 saturated carbocycles. The molecule has 3 rings (SSSR count). The van der Waals surface area contributed by atoms with Crippen LogP contribution in [0.3, 0.4) is 0 Å².